The smallest absolute Gasteiger partial charge is 0.200 e. The third-order valence-corrected chi connectivity index (χ3v) is 2.98. The Morgan fingerprint density at radius 3 is 2.33 bits per heavy atom. The van der Waals surface area contributed by atoms with Gasteiger partial charge in [0.1, 0.15) is 5.76 Å². The first-order valence-electron chi connectivity index (χ1n) is 5.82. The molecule has 1 aliphatic carbocycles. The summed E-state index contributed by atoms with van der Waals surface area (Å²) < 4.78 is 0. The molecule has 0 heterocycles. The average Bonchev–Trinajstić information content (AvgIpc) is 2.28. The first kappa shape index (κ1) is 12.1. The molecule has 0 aliphatic heterocycles. The zero-order chi connectivity index (χ0) is 11.3. The quantitative estimate of drug-likeness (QED) is 0.555. The standard InChI is InChI=1S/C12H20O3/c1-2-6-10(13)12(15)11(14)9-7-4-3-5-8-9/h9,14-15H,2-8H2,1H3. The summed E-state index contributed by atoms with van der Waals surface area (Å²) >= 11 is 0. The summed E-state index contributed by atoms with van der Waals surface area (Å²) in [5.74, 6) is -0.808. The molecule has 0 radical (unpaired) electrons. The van der Waals surface area contributed by atoms with Crippen LogP contribution in [0, 0.1) is 5.92 Å². The highest BCUT2D eigenvalue weighted by atomic mass is 16.3. The lowest BCUT2D eigenvalue weighted by Crippen LogP contribution is -2.14. The van der Waals surface area contributed by atoms with E-state index < -0.39 is 5.76 Å². The van der Waals surface area contributed by atoms with E-state index in [0.717, 1.165) is 25.7 Å². The monoisotopic (exact) mass is 212 g/mol. The van der Waals surface area contributed by atoms with Gasteiger partial charge < -0.3 is 10.2 Å². The number of aliphatic hydroxyl groups is 2. The molecule has 1 saturated carbocycles. The van der Waals surface area contributed by atoms with E-state index in [4.69, 9.17) is 0 Å². The molecule has 0 bridgehead atoms. The Hall–Kier alpha value is -0.990. The maximum atomic E-state index is 11.4. The van der Waals surface area contributed by atoms with Crippen LogP contribution >= 0.6 is 0 Å². The van der Waals surface area contributed by atoms with Gasteiger partial charge >= 0.3 is 0 Å². The molecule has 1 fully saturated rings. The molecular formula is C12H20O3. The fraction of sp³-hybridized carbons (Fsp3) is 0.750. The normalized spacial score (nSPS) is 19.8. The summed E-state index contributed by atoms with van der Waals surface area (Å²) in [4.78, 5) is 11.4. The van der Waals surface area contributed by atoms with Gasteiger partial charge in [-0.1, -0.05) is 26.2 Å². The Morgan fingerprint density at radius 1 is 1.20 bits per heavy atom. The third kappa shape index (κ3) is 3.26. The SMILES string of the molecule is CCCC(=O)C(O)=C(O)C1CCCCC1. The predicted octanol–water partition coefficient (Wildman–Crippen LogP) is 3.26. The van der Waals surface area contributed by atoms with Crippen molar-refractivity contribution in [3.05, 3.63) is 11.5 Å². The second kappa shape index (κ2) is 5.79. The van der Waals surface area contributed by atoms with E-state index in [0.29, 0.717) is 12.8 Å². The molecule has 2 N–H and O–H groups in total. The number of rotatable bonds is 4. The van der Waals surface area contributed by atoms with Crippen LogP contribution in [0.4, 0.5) is 0 Å². The van der Waals surface area contributed by atoms with Gasteiger partial charge in [-0.2, -0.15) is 0 Å². The molecule has 0 saturated heterocycles. The van der Waals surface area contributed by atoms with Gasteiger partial charge in [-0.15, -0.1) is 0 Å². The van der Waals surface area contributed by atoms with Crippen molar-refractivity contribution >= 4 is 5.78 Å². The molecule has 86 valence electrons. The van der Waals surface area contributed by atoms with Crippen LogP contribution < -0.4 is 0 Å². The highest BCUT2D eigenvalue weighted by molar-refractivity contribution is 5.93. The molecule has 0 aromatic carbocycles. The summed E-state index contributed by atoms with van der Waals surface area (Å²) in [5.41, 5.74) is 0. The second-order valence-corrected chi connectivity index (χ2v) is 4.24. The lowest BCUT2D eigenvalue weighted by Gasteiger charge is -2.21. The van der Waals surface area contributed by atoms with Crippen LogP contribution in [0.5, 0.6) is 0 Å². The number of hydrogen-bond acceptors (Lipinski definition) is 3. The van der Waals surface area contributed by atoms with E-state index in [1.807, 2.05) is 6.92 Å². The molecular weight excluding hydrogens is 192 g/mol. The highest BCUT2D eigenvalue weighted by Crippen LogP contribution is 2.29. The maximum Gasteiger partial charge on any atom is 0.200 e. The van der Waals surface area contributed by atoms with Gasteiger partial charge in [0.05, 0.1) is 0 Å². The van der Waals surface area contributed by atoms with Crippen LogP contribution in [0.1, 0.15) is 51.9 Å². The van der Waals surface area contributed by atoms with Gasteiger partial charge in [-0.3, -0.25) is 4.79 Å². The molecule has 0 spiro atoms. The number of carbonyl (C=O) groups excluding carboxylic acids is 1. The van der Waals surface area contributed by atoms with E-state index in [-0.39, 0.29) is 17.5 Å². The predicted molar refractivity (Wildman–Crippen MR) is 58.8 cm³/mol. The Balaban J connectivity index is 2.65. The summed E-state index contributed by atoms with van der Waals surface area (Å²) in [7, 11) is 0. The van der Waals surface area contributed by atoms with Crippen LogP contribution in [0.3, 0.4) is 0 Å². The molecule has 0 aromatic heterocycles. The fourth-order valence-corrected chi connectivity index (χ4v) is 2.06. The molecule has 0 atom stereocenters. The van der Waals surface area contributed by atoms with Crippen molar-refractivity contribution in [2.24, 2.45) is 5.92 Å². The first-order valence-corrected chi connectivity index (χ1v) is 5.82. The zero-order valence-corrected chi connectivity index (χ0v) is 9.33. The number of aliphatic hydroxyl groups excluding tert-OH is 2. The van der Waals surface area contributed by atoms with E-state index in [1.54, 1.807) is 0 Å². The van der Waals surface area contributed by atoms with E-state index in [2.05, 4.69) is 0 Å². The number of carbonyl (C=O) groups is 1. The average molecular weight is 212 g/mol. The van der Waals surface area contributed by atoms with Crippen molar-refractivity contribution in [2.45, 2.75) is 51.9 Å². The van der Waals surface area contributed by atoms with Crippen molar-refractivity contribution in [3.63, 3.8) is 0 Å². The van der Waals surface area contributed by atoms with Gasteiger partial charge in [0, 0.05) is 12.3 Å². The van der Waals surface area contributed by atoms with Crippen molar-refractivity contribution in [1.29, 1.82) is 0 Å². The Kier molecular flexibility index (Phi) is 4.66. The first-order chi connectivity index (χ1) is 7.16. The molecule has 1 aliphatic rings. The topological polar surface area (TPSA) is 57.5 Å². The minimum atomic E-state index is -0.399. The van der Waals surface area contributed by atoms with Gasteiger partial charge in [0.25, 0.3) is 0 Å². The minimum Gasteiger partial charge on any atom is -0.508 e. The molecule has 0 unspecified atom stereocenters. The van der Waals surface area contributed by atoms with E-state index in [9.17, 15) is 15.0 Å². The zero-order valence-electron chi connectivity index (χ0n) is 9.33. The molecule has 3 nitrogen and oxygen atoms in total. The summed E-state index contributed by atoms with van der Waals surface area (Å²) in [6, 6.07) is 0. The number of Topliss-reactive ketones (excluding diaryl/α,β-unsaturated/α-hetero) is 1. The number of hydrogen-bond donors (Lipinski definition) is 2. The van der Waals surface area contributed by atoms with E-state index in [1.165, 1.54) is 6.42 Å². The van der Waals surface area contributed by atoms with Crippen molar-refractivity contribution in [3.8, 4) is 0 Å². The van der Waals surface area contributed by atoms with Crippen LogP contribution in [0.25, 0.3) is 0 Å². The van der Waals surface area contributed by atoms with Gasteiger partial charge in [0.15, 0.2) is 5.76 Å². The summed E-state index contributed by atoms with van der Waals surface area (Å²) in [6.07, 6.45) is 6.11. The summed E-state index contributed by atoms with van der Waals surface area (Å²) in [5, 5.41) is 19.3. The Bertz CT molecular complexity index is 250. The Morgan fingerprint density at radius 2 is 1.80 bits per heavy atom. The van der Waals surface area contributed by atoms with E-state index >= 15 is 0 Å². The molecule has 1 rings (SSSR count). The van der Waals surface area contributed by atoms with Crippen LogP contribution in [0.15, 0.2) is 11.5 Å². The molecule has 3 heteroatoms. The van der Waals surface area contributed by atoms with Crippen molar-refractivity contribution in [1.82, 2.24) is 0 Å². The fourth-order valence-electron chi connectivity index (χ4n) is 2.06. The summed E-state index contributed by atoms with van der Waals surface area (Å²) in [6.45, 7) is 1.88. The van der Waals surface area contributed by atoms with Crippen LogP contribution in [-0.2, 0) is 4.79 Å². The molecule has 15 heavy (non-hydrogen) atoms. The second-order valence-electron chi connectivity index (χ2n) is 4.24. The Labute approximate surface area is 90.8 Å². The number of ketones is 1. The minimum absolute atomic E-state index is 0.000411. The molecule has 0 amide bonds. The van der Waals surface area contributed by atoms with Gasteiger partial charge in [-0.05, 0) is 19.3 Å². The lowest BCUT2D eigenvalue weighted by molar-refractivity contribution is -0.118. The van der Waals surface area contributed by atoms with Gasteiger partial charge in [0.2, 0.25) is 5.78 Å². The number of allylic oxidation sites excluding steroid dienone is 2. The van der Waals surface area contributed by atoms with Crippen molar-refractivity contribution < 1.29 is 15.0 Å². The van der Waals surface area contributed by atoms with Crippen LogP contribution in [-0.4, -0.2) is 16.0 Å². The van der Waals surface area contributed by atoms with Crippen LogP contribution in [0.2, 0.25) is 0 Å². The largest absolute Gasteiger partial charge is 0.508 e. The van der Waals surface area contributed by atoms with Gasteiger partial charge in [-0.25, -0.2) is 0 Å². The molecule has 0 aromatic rings. The van der Waals surface area contributed by atoms with Crippen molar-refractivity contribution in [2.75, 3.05) is 0 Å². The lowest BCUT2D eigenvalue weighted by atomic mass is 9.87. The maximum absolute atomic E-state index is 11.4. The third-order valence-electron chi connectivity index (χ3n) is 2.98. The highest BCUT2D eigenvalue weighted by Gasteiger charge is 2.23.